The minimum atomic E-state index is -3.77. The Hall–Kier alpha value is -1.42. The quantitative estimate of drug-likeness (QED) is 0.583. The molecule has 102 valence electrons. The monoisotopic (exact) mass is 319 g/mol. The summed E-state index contributed by atoms with van der Waals surface area (Å²) >= 11 is 7.03. The summed E-state index contributed by atoms with van der Waals surface area (Å²) in [5, 5.41) is 2.14. The summed E-state index contributed by atoms with van der Waals surface area (Å²) in [5.74, 6) is 5.37. The standard InChI is InChI=1S/C9H10ClN5O2S2/c1-5-4-18-9(13-5)15-19(16,17)6-2-7(10)8(14-11)12-3-6/h2-4H,11H2,1H3,(H,12,14)(H,13,15). The Morgan fingerprint density at radius 1 is 1.47 bits per heavy atom. The van der Waals surface area contributed by atoms with Gasteiger partial charge in [-0.2, -0.15) is 0 Å². The first-order valence-electron chi connectivity index (χ1n) is 4.99. The lowest BCUT2D eigenvalue weighted by atomic mass is 10.5. The number of aryl methyl sites for hydroxylation is 1. The van der Waals surface area contributed by atoms with Gasteiger partial charge >= 0.3 is 0 Å². The SMILES string of the molecule is Cc1csc(NS(=O)(=O)c2cnc(NN)c(Cl)c2)n1. The number of aromatic nitrogens is 2. The third kappa shape index (κ3) is 3.13. The van der Waals surface area contributed by atoms with Crippen LogP contribution in [0.4, 0.5) is 10.9 Å². The molecular formula is C9H10ClN5O2S2. The maximum Gasteiger partial charge on any atom is 0.265 e. The first-order chi connectivity index (χ1) is 8.92. The van der Waals surface area contributed by atoms with Gasteiger partial charge in [-0.15, -0.1) is 11.3 Å². The number of nitrogens with zero attached hydrogens (tertiary/aromatic N) is 2. The molecule has 0 saturated heterocycles. The lowest BCUT2D eigenvalue weighted by Gasteiger charge is -2.07. The molecule has 19 heavy (non-hydrogen) atoms. The number of sulfonamides is 1. The highest BCUT2D eigenvalue weighted by Crippen LogP contribution is 2.24. The largest absolute Gasteiger partial charge is 0.307 e. The topological polar surface area (TPSA) is 110 Å². The van der Waals surface area contributed by atoms with Gasteiger partial charge in [-0.1, -0.05) is 11.6 Å². The summed E-state index contributed by atoms with van der Waals surface area (Å²) in [7, 11) is -3.77. The molecule has 0 fully saturated rings. The van der Waals surface area contributed by atoms with Crippen LogP contribution in [0.1, 0.15) is 5.69 Å². The first-order valence-corrected chi connectivity index (χ1v) is 7.73. The Bertz CT molecular complexity index is 700. The maximum absolute atomic E-state index is 12.1. The number of rotatable bonds is 4. The van der Waals surface area contributed by atoms with Crippen molar-refractivity contribution in [3.63, 3.8) is 0 Å². The van der Waals surface area contributed by atoms with Gasteiger partial charge < -0.3 is 5.43 Å². The highest BCUT2D eigenvalue weighted by Gasteiger charge is 2.18. The number of hydrogen-bond acceptors (Lipinski definition) is 7. The van der Waals surface area contributed by atoms with Crippen molar-refractivity contribution in [2.24, 2.45) is 5.84 Å². The molecule has 0 aliphatic rings. The van der Waals surface area contributed by atoms with E-state index in [4.69, 9.17) is 17.4 Å². The van der Waals surface area contributed by atoms with Gasteiger partial charge in [-0.05, 0) is 13.0 Å². The third-order valence-corrected chi connectivity index (χ3v) is 4.70. The summed E-state index contributed by atoms with van der Waals surface area (Å²) < 4.78 is 26.5. The van der Waals surface area contributed by atoms with Gasteiger partial charge in [0.05, 0.1) is 10.7 Å². The van der Waals surface area contributed by atoms with Crippen molar-refractivity contribution in [3.05, 3.63) is 28.4 Å². The molecule has 7 nitrogen and oxygen atoms in total. The van der Waals surface area contributed by atoms with Crippen molar-refractivity contribution in [3.8, 4) is 0 Å². The van der Waals surface area contributed by atoms with E-state index >= 15 is 0 Å². The average Bonchev–Trinajstić information content (AvgIpc) is 2.73. The van der Waals surface area contributed by atoms with Crippen molar-refractivity contribution < 1.29 is 8.42 Å². The molecule has 10 heteroatoms. The van der Waals surface area contributed by atoms with Gasteiger partial charge in [-0.25, -0.2) is 24.2 Å². The van der Waals surface area contributed by atoms with Crippen LogP contribution in [-0.4, -0.2) is 18.4 Å². The van der Waals surface area contributed by atoms with E-state index in [1.165, 1.54) is 17.4 Å². The molecule has 0 aliphatic carbocycles. The minimum Gasteiger partial charge on any atom is -0.307 e. The molecule has 2 rings (SSSR count). The number of hydrazine groups is 1. The van der Waals surface area contributed by atoms with E-state index in [0.717, 1.165) is 11.9 Å². The molecule has 0 aliphatic heterocycles. The van der Waals surface area contributed by atoms with E-state index in [-0.39, 0.29) is 20.9 Å². The number of anilines is 2. The molecule has 0 unspecified atom stereocenters. The van der Waals surface area contributed by atoms with Crippen LogP contribution in [0, 0.1) is 6.92 Å². The molecule has 0 radical (unpaired) electrons. The fourth-order valence-corrected chi connectivity index (χ4v) is 3.44. The van der Waals surface area contributed by atoms with E-state index < -0.39 is 10.0 Å². The van der Waals surface area contributed by atoms with Crippen LogP contribution < -0.4 is 16.0 Å². The predicted molar refractivity (Wildman–Crippen MR) is 74.7 cm³/mol. The Morgan fingerprint density at radius 2 is 2.21 bits per heavy atom. The molecule has 0 atom stereocenters. The molecule has 0 aromatic carbocycles. The van der Waals surface area contributed by atoms with Crippen LogP contribution in [0.15, 0.2) is 22.5 Å². The fourth-order valence-electron chi connectivity index (χ4n) is 1.25. The van der Waals surface area contributed by atoms with Gasteiger partial charge in [0.2, 0.25) is 0 Å². The molecule has 0 bridgehead atoms. The fraction of sp³-hybridized carbons (Fsp3) is 0.111. The summed E-state index contributed by atoms with van der Waals surface area (Å²) in [6.45, 7) is 1.77. The first kappa shape index (κ1) is 14.0. The lowest BCUT2D eigenvalue weighted by Crippen LogP contribution is -2.14. The zero-order valence-corrected chi connectivity index (χ0v) is 12.1. The summed E-state index contributed by atoms with van der Waals surface area (Å²) in [5.41, 5.74) is 3.00. The third-order valence-electron chi connectivity index (χ3n) is 2.10. The number of pyridine rings is 1. The number of thiazole rings is 1. The van der Waals surface area contributed by atoms with E-state index in [1.807, 2.05) is 0 Å². The average molecular weight is 320 g/mol. The van der Waals surface area contributed by atoms with Gasteiger partial charge in [0.15, 0.2) is 10.9 Å². The van der Waals surface area contributed by atoms with Gasteiger partial charge in [0.1, 0.15) is 4.90 Å². The Balaban J connectivity index is 2.31. The van der Waals surface area contributed by atoms with E-state index in [0.29, 0.717) is 0 Å². The van der Waals surface area contributed by atoms with E-state index in [1.54, 1.807) is 12.3 Å². The summed E-state index contributed by atoms with van der Waals surface area (Å²) in [6.07, 6.45) is 1.16. The van der Waals surface area contributed by atoms with Crippen molar-refractivity contribution in [2.75, 3.05) is 10.1 Å². The molecule has 0 spiro atoms. The molecular weight excluding hydrogens is 310 g/mol. The van der Waals surface area contributed by atoms with Crippen LogP contribution in [0.2, 0.25) is 5.02 Å². The van der Waals surface area contributed by atoms with Crippen LogP contribution in [-0.2, 0) is 10.0 Å². The van der Waals surface area contributed by atoms with Gasteiger partial charge in [-0.3, -0.25) is 4.72 Å². The Morgan fingerprint density at radius 3 is 2.74 bits per heavy atom. The molecule has 4 N–H and O–H groups in total. The number of nitrogens with one attached hydrogen (secondary N) is 2. The minimum absolute atomic E-state index is 0.0654. The van der Waals surface area contributed by atoms with Crippen LogP contribution in [0.5, 0.6) is 0 Å². The van der Waals surface area contributed by atoms with Crippen LogP contribution in [0.25, 0.3) is 0 Å². The number of halogens is 1. The molecule has 2 aromatic heterocycles. The highest BCUT2D eigenvalue weighted by atomic mass is 35.5. The lowest BCUT2D eigenvalue weighted by molar-refractivity contribution is 0.601. The van der Waals surface area contributed by atoms with Crippen LogP contribution >= 0.6 is 22.9 Å². The number of hydrogen-bond donors (Lipinski definition) is 3. The van der Waals surface area contributed by atoms with Crippen LogP contribution in [0.3, 0.4) is 0 Å². The summed E-state index contributed by atoms with van der Waals surface area (Å²) in [4.78, 5) is 7.76. The number of nitrogens with two attached hydrogens (primary N) is 1. The van der Waals surface area contributed by atoms with Gasteiger partial charge in [0, 0.05) is 11.6 Å². The summed E-state index contributed by atoms with van der Waals surface area (Å²) in [6, 6.07) is 1.26. The normalized spacial score (nSPS) is 11.3. The molecule has 0 amide bonds. The smallest absolute Gasteiger partial charge is 0.265 e. The van der Waals surface area contributed by atoms with Gasteiger partial charge in [0.25, 0.3) is 10.0 Å². The van der Waals surface area contributed by atoms with Crippen molar-refractivity contribution in [2.45, 2.75) is 11.8 Å². The highest BCUT2D eigenvalue weighted by molar-refractivity contribution is 7.93. The zero-order chi connectivity index (χ0) is 14.0. The van der Waals surface area contributed by atoms with E-state index in [9.17, 15) is 8.42 Å². The second-order valence-electron chi connectivity index (χ2n) is 3.55. The number of nitrogen functional groups attached to an aromatic ring is 1. The molecule has 2 heterocycles. The molecule has 0 saturated carbocycles. The second kappa shape index (κ2) is 5.29. The maximum atomic E-state index is 12.1. The van der Waals surface area contributed by atoms with Crippen molar-refractivity contribution in [1.82, 2.24) is 9.97 Å². The second-order valence-corrected chi connectivity index (χ2v) is 6.49. The Labute approximate surface area is 118 Å². The van der Waals surface area contributed by atoms with Crippen molar-refractivity contribution in [1.29, 1.82) is 0 Å². The van der Waals surface area contributed by atoms with Crippen molar-refractivity contribution >= 4 is 43.9 Å². The Kier molecular flexibility index (Phi) is 3.90. The molecule has 2 aromatic rings. The zero-order valence-electron chi connectivity index (χ0n) is 9.71. The predicted octanol–water partition coefficient (Wildman–Crippen LogP) is 1.59. The van der Waals surface area contributed by atoms with E-state index in [2.05, 4.69) is 20.1 Å².